The lowest BCUT2D eigenvalue weighted by Gasteiger charge is -2.51. The van der Waals surface area contributed by atoms with Crippen molar-refractivity contribution in [2.75, 3.05) is 0 Å². The summed E-state index contributed by atoms with van der Waals surface area (Å²) in [4.78, 5) is 0. The predicted octanol–water partition coefficient (Wildman–Crippen LogP) is 6.66. The minimum atomic E-state index is -4.48. The van der Waals surface area contributed by atoms with Crippen LogP contribution in [0, 0.1) is 0 Å². The van der Waals surface area contributed by atoms with Gasteiger partial charge in [0.25, 0.3) is 5.89 Å². The van der Waals surface area contributed by atoms with Crippen LogP contribution in [0.4, 0.5) is 17.6 Å². The van der Waals surface area contributed by atoms with Crippen LogP contribution in [0.1, 0.15) is 89.4 Å². The molecule has 0 atom stereocenters. The van der Waals surface area contributed by atoms with Gasteiger partial charge in [0.15, 0.2) is 11.5 Å². The Morgan fingerprint density at radius 2 is 1.40 bits per heavy atom. The zero-order valence-corrected chi connectivity index (χ0v) is 20.7. The van der Waals surface area contributed by atoms with Gasteiger partial charge in [-0.3, -0.25) is 0 Å². The molecule has 10 heteroatoms. The molecule has 3 fully saturated rings. The summed E-state index contributed by atoms with van der Waals surface area (Å²) in [6, 6.07) is 5.44. The third-order valence-corrected chi connectivity index (χ3v) is 7.46. The molecular formula is C25H31F4N5O. The molecule has 6 rings (SSSR count). The van der Waals surface area contributed by atoms with Crippen LogP contribution in [0.25, 0.3) is 11.4 Å². The summed E-state index contributed by atoms with van der Waals surface area (Å²) in [7, 11) is 1.73. The van der Waals surface area contributed by atoms with Crippen molar-refractivity contribution in [3.05, 3.63) is 47.4 Å². The van der Waals surface area contributed by atoms with E-state index in [1.54, 1.807) is 17.7 Å². The first-order valence-electron chi connectivity index (χ1n) is 12.1. The van der Waals surface area contributed by atoms with Gasteiger partial charge in [-0.15, -0.1) is 20.4 Å². The highest BCUT2D eigenvalue weighted by atomic mass is 19.4. The number of hydrogen-bond acceptors (Lipinski definition) is 5. The van der Waals surface area contributed by atoms with Gasteiger partial charge in [0.2, 0.25) is 5.89 Å². The van der Waals surface area contributed by atoms with E-state index in [2.05, 4.69) is 20.4 Å². The molecule has 2 bridgehead atoms. The zero-order valence-electron chi connectivity index (χ0n) is 20.7. The van der Waals surface area contributed by atoms with Crippen LogP contribution in [0.5, 0.6) is 0 Å². The SMILES string of the molecule is CC.Cn1c(-c2ccccc2C(F)(F)F)nnc1C12CCC(c3nnc(C(C)(C)F)o3)(CC1)CC2. The van der Waals surface area contributed by atoms with E-state index in [1.165, 1.54) is 26.0 Å². The Bertz CT molecular complexity index is 1170. The van der Waals surface area contributed by atoms with Crippen LogP contribution in [0.2, 0.25) is 0 Å². The summed E-state index contributed by atoms with van der Waals surface area (Å²) in [6.07, 6.45) is 0.144. The van der Waals surface area contributed by atoms with Crippen LogP contribution in [-0.4, -0.2) is 25.0 Å². The highest BCUT2D eigenvalue weighted by Gasteiger charge is 2.54. The molecule has 3 saturated carbocycles. The minimum absolute atomic E-state index is 0.0180. The summed E-state index contributed by atoms with van der Waals surface area (Å²) in [5.74, 6) is 1.38. The lowest BCUT2D eigenvalue weighted by molar-refractivity contribution is -0.137. The molecule has 190 valence electrons. The number of rotatable bonds is 4. The van der Waals surface area contributed by atoms with Crippen molar-refractivity contribution < 1.29 is 22.0 Å². The Balaban J connectivity index is 0.00000141. The summed E-state index contributed by atoms with van der Waals surface area (Å²) < 4.78 is 62.3. The van der Waals surface area contributed by atoms with Crippen molar-refractivity contribution in [3.63, 3.8) is 0 Å². The molecule has 0 spiro atoms. The number of benzene rings is 1. The van der Waals surface area contributed by atoms with Gasteiger partial charge in [-0.1, -0.05) is 32.0 Å². The summed E-state index contributed by atoms with van der Waals surface area (Å²) >= 11 is 0. The van der Waals surface area contributed by atoms with Gasteiger partial charge in [-0.2, -0.15) is 13.2 Å². The second-order valence-electron chi connectivity index (χ2n) is 9.90. The van der Waals surface area contributed by atoms with Crippen LogP contribution in [0.3, 0.4) is 0 Å². The lowest BCUT2D eigenvalue weighted by atomic mass is 9.53. The number of aromatic nitrogens is 5. The second kappa shape index (κ2) is 8.71. The van der Waals surface area contributed by atoms with E-state index in [1.807, 2.05) is 13.8 Å². The predicted molar refractivity (Wildman–Crippen MR) is 122 cm³/mol. The van der Waals surface area contributed by atoms with Gasteiger partial charge in [0, 0.05) is 23.4 Å². The third kappa shape index (κ3) is 4.25. The molecule has 0 amide bonds. The maximum atomic E-state index is 14.2. The molecule has 3 aromatic rings. The molecular weight excluding hydrogens is 462 g/mol. The molecule has 6 nitrogen and oxygen atoms in total. The Labute approximate surface area is 202 Å². The average Bonchev–Trinajstić information content (AvgIpc) is 3.49. The van der Waals surface area contributed by atoms with Crippen molar-refractivity contribution in [2.45, 2.75) is 88.9 Å². The smallest absolute Gasteiger partial charge is 0.417 e. The fourth-order valence-corrected chi connectivity index (χ4v) is 5.47. The molecule has 3 aliphatic carbocycles. The van der Waals surface area contributed by atoms with Gasteiger partial charge in [-0.25, -0.2) is 4.39 Å². The quantitative estimate of drug-likeness (QED) is 0.380. The molecule has 2 heterocycles. The van der Waals surface area contributed by atoms with Gasteiger partial charge in [-0.05, 0) is 58.4 Å². The lowest BCUT2D eigenvalue weighted by Crippen LogP contribution is -2.47. The second-order valence-corrected chi connectivity index (χ2v) is 9.90. The maximum Gasteiger partial charge on any atom is 0.417 e. The van der Waals surface area contributed by atoms with E-state index >= 15 is 0 Å². The summed E-state index contributed by atoms with van der Waals surface area (Å²) in [5.41, 5.74) is -2.95. The summed E-state index contributed by atoms with van der Waals surface area (Å²) in [5, 5.41) is 16.6. The van der Waals surface area contributed by atoms with E-state index < -0.39 is 17.4 Å². The van der Waals surface area contributed by atoms with Crippen molar-refractivity contribution in [3.8, 4) is 11.4 Å². The Morgan fingerprint density at radius 3 is 1.94 bits per heavy atom. The average molecular weight is 494 g/mol. The number of nitrogens with zero attached hydrogens (tertiary/aromatic N) is 5. The molecule has 0 aliphatic heterocycles. The molecule has 0 unspecified atom stereocenters. The Morgan fingerprint density at radius 1 is 0.829 bits per heavy atom. The van der Waals surface area contributed by atoms with Crippen LogP contribution >= 0.6 is 0 Å². The van der Waals surface area contributed by atoms with Crippen molar-refractivity contribution >= 4 is 0 Å². The Hall–Kier alpha value is -2.78. The van der Waals surface area contributed by atoms with Crippen LogP contribution < -0.4 is 0 Å². The first kappa shape index (κ1) is 25.3. The first-order chi connectivity index (χ1) is 16.5. The molecule has 3 aliphatic rings. The van der Waals surface area contributed by atoms with E-state index in [-0.39, 0.29) is 28.1 Å². The third-order valence-electron chi connectivity index (χ3n) is 7.46. The number of hydrogen-bond donors (Lipinski definition) is 0. The highest BCUT2D eigenvalue weighted by Crippen LogP contribution is 2.58. The topological polar surface area (TPSA) is 69.6 Å². The van der Waals surface area contributed by atoms with Gasteiger partial charge >= 0.3 is 6.18 Å². The molecule has 0 saturated heterocycles. The monoisotopic (exact) mass is 493 g/mol. The van der Waals surface area contributed by atoms with E-state index in [0.717, 1.165) is 44.6 Å². The summed E-state index contributed by atoms with van der Waals surface area (Å²) in [6.45, 7) is 6.77. The zero-order chi connectivity index (χ0) is 25.6. The van der Waals surface area contributed by atoms with Gasteiger partial charge < -0.3 is 8.98 Å². The maximum absolute atomic E-state index is 14.2. The molecule has 2 aromatic heterocycles. The minimum Gasteiger partial charge on any atom is -0.421 e. The molecule has 1 aromatic carbocycles. The Kier molecular flexibility index (Phi) is 6.30. The van der Waals surface area contributed by atoms with E-state index in [9.17, 15) is 17.6 Å². The van der Waals surface area contributed by atoms with Crippen molar-refractivity contribution in [1.82, 2.24) is 25.0 Å². The van der Waals surface area contributed by atoms with E-state index in [0.29, 0.717) is 11.7 Å². The fraction of sp³-hybridized carbons (Fsp3) is 0.600. The van der Waals surface area contributed by atoms with Crippen LogP contribution in [-0.2, 0) is 29.7 Å². The standard InChI is InChI=1S/C23H25F4N5O.C2H6/c1-20(2,24)18-30-31-19(33-18)22-11-8-21(9-12-22,10-13-22)17-29-28-16(32(17)3)14-6-4-5-7-15(14)23(25,26)27;1-2/h4-7H,8-13H2,1-3H3;1-2H3. The molecule has 0 N–H and O–H groups in total. The fourth-order valence-electron chi connectivity index (χ4n) is 5.47. The molecule has 35 heavy (non-hydrogen) atoms. The number of halogens is 4. The molecule has 0 radical (unpaired) electrons. The number of alkyl halides is 4. The van der Waals surface area contributed by atoms with E-state index in [4.69, 9.17) is 4.42 Å². The largest absolute Gasteiger partial charge is 0.421 e. The highest BCUT2D eigenvalue weighted by molar-refractivity contribution is 5.61. The first-order valence-corrected chi connectivity index (χ1v) is 12.1. The van der Waals surface area contributed by atoms with Gasteiger partial charge in [0.1, 0.15) is 5.82 Å². The van der Waals surface area contributed by atoms with Crippen molar-refractivity contribution in [1.29, 1.82) is 0 Å². The number of fused-ring (bicyclic) bond motifs is 3. The van der Waals surface area contributed by atoms with Crippen LogP contribution in [0.15, 0.2) is 28.7 Å². The normalized spacial score (nSPS) is 24.3. The van der Waals surface area contributed by atoms with Crippen molar-refractivity contribution in [2.24, 2.45) is 7.05 Å². The van der Waals surface area contributed by atoms with Gasteiger partial charge in [0.05, 0.1) is 5.56 Å².